The number of aromatic nitrogens is 3. The number of hydrogen-bond acceptors (Lipinski definition) is 6. The van der Waals surface area contributed by atoms with Crippen molar-refractivity contribution in [3.63, 3.8) is 0 Å². The first-order chi connectivity index (χ1) is 18.9. The molecule has 2 aromatic heterocycles. The van der Waals surface area contributed by atoms with Gasteiger partial charge in [0, 0.05) is 57.1 Å². The fraction of sp³-hybridized carbons (Fsp3) is 0.500. The standard InChI is InChI=1S/C30H36F4N6/c1-20-9-11-40(19-29(3,4)18-20)28-36-25(22-7-8-24(31)21(2)16-22)17-26(37-28)38-12-14-39(15-13-38)27-23(30(32,33)34)6-5-10-35-27/h5-8,10,16-17,20H,9,11-15,18-19H2,1-4H3. The second kappa shape index (κ2) is 10.9. The van der Waals surface area contributed by atoms with E-state index in [1.54, 1.807) is 24.0 Å². The van der Waals surface area contributed by atoms with E-state index in [4.69, 9.17) is 9.97 Å². The fourth-order valence-corrected chi connectivity index (χ4v) is 5.95. The second-order valence-electron chi connectivity index (χ2n) is 11.9. The minimum absolute atomic E-state index is 0.0404. The van der Waals surface area contributed by atoms with E-state index in [-0.39, 0.29) is 17.1 Å². The van der Waals surface area contributed by atoms with Gasteiger partial charge in [0.1, 0.15) is 17.5 Å². The van der Waals surface area contributed by atoms with Gasteiger partial charge in [0.15, 0.2) is 0 Å². The third-order valence-electron chi connectivity index (χ3n) is 7.84. The van der Waals surface area contributed by atoms with Gasteiger partial charge in [0.2, 0.25) is 5.95 Å². The molecule has 6 nitrogen and oxygen atoms in total. The Morgan fingerprint density at radius 2 is 1.65 bits per heavy atom. The zero-order valence-corrected chi connectivity index (χ0v) is 23.5. The maximum atomic E-state index is 14.1. The van der Waals surface area contributed by atoms with Crippen LogP contribution in [0.15, 0.2) is 42.6 Å². The second-order valence-corrected chi connectivity index (χ2v) is 11.9. The van der Waals surface area contributed by atoms with Crippen molar-refractivity contribution in [3.8, 4) is 11.3 Å². The van der Waals surface area contributed by atoms with E-state index in [1.165, 1.54) is 18.3 Å². The van der Waals surface area contributed by atoms with Crippen molar-refractivity contribution < 1.29 is 17.6 Å². The fourth-order valence-electron chi connectivity index (χ4n) is 5.95. The highest BCUT2D eigenvalue weighted by molar-refractivity contribution is 5.66. The van der Waals surface area contributed by atoms with Crippen molar-refractivity contribution in [1.29, 1.82) is 0 Å². The zero-order chi connectivity index (χ0) is 28.7. The monoisotopic (exact) mass is 556 g/mol. The number of anilines is 3. The van der Waals surface area contributed by atoms with Crippen molar-refractivity contribution in [1.82, 2.24) is 15.0 Å². The van der Waals surface area contributed by atoms with E-state index < -0.39 is 11.7 Å². The van der Waals surface area contributed by atoms with Gasteiger partial charge in [0.25, 0.3) is 0 Å². The van der Waals surface area contributed by atoms with Gasteiger partial charge in [-0.1, -0.05) is 20.8 Å². The summed E-state index contributed by atoms with van der Waals surface area (Å²) in [7, 11) is 0. The Morgan fingerprint density at radius 1 is 0.925 bits per heavy atom. The Balaban J connectivity index is 1.46. The van der Waals surface area contributed by atoms with Crippen LogP contribution >= 0.6 is 0 Å². The van der Waals surface area contributed by atoms with Gasteiger partial charge in [-0.25, -0.2) is 14.4 Å². The van der Waals surface area contributed by atoms with Crippen molar-refractivity contribution in [3.05, 3.63) is 59.5 Å². The highest BCUT2D eigenvalue weighted by Crippen LogP contribution is 2.37. The van der Waals surface area contributed by atoms with Crippen molar-refractivity contribution in [2.75, 3.05) is 54.0 Å². The van der Waals surface area contributed by atoms with Crippen LogP contribution < -0.4 is 14.7 Å². The van der Waals surface area contributed by atoms with Gasteiger partial charge in [-0.15, -0.1) is 0 Å². The molecule has 1 unspecified atom stereocenters. The van der Waals surface area contributed by atoms with Crippen LogP contribution in [0, 0.1) is 24.1 Å². The number of aryl methyl sites for hydroxylation is 1. The number of rotatable bonds is 4. The molecule has 0 N–H and O–H groups in total. The molecule has 3 aromatic rings. The van der Waals surface area contributed by atoms with Gasteiger partial charge in [0.05, 0.1) is 11.3 Å². The lowest BCUT2D eigenvalue weighted by Crippen LogP contribution is -2.47. The quantitative estimate of drug-likeness (QED) is 0.338. The van der Waals surface area contributed by atoms with Crippen LogP contribution in [-0.2, 0) is 6.18 Å². The van der Waals surface area contributed by atoms with Gasteiger partial charge in [-0.05, 0) is 67.0 Å². The number of nitrogens with zero attached hydrogens (tertiary/aromatic N) is 6. The van der Waals surface area contributed by atoms with E-state index in [0.29, 0.717) is 55.1 Å². The predicted octanol–water partition coefficient (Wildman–Crippen LogP) is 6.59. The number of benzene rings is 1. The molecule has 214 valence electrons. The first kappa shape index (κ1) is 28.1. The van der Waals surface area contributed by atoms with Crippen molar-refractivity contribution in [2.24, 2.45) is 11.3 Å². The third kappa shape index (κ3) is 6.15. The number of piperazine rings is 1. The SMILES string of the molecule is Cc1cc(-c2cc(N3CCN(c4ncccc4C(F)(F)F)CC3)nc(N3CCC(C)CC(C)(C)C3)n2)ccc1F. The molecule has 2 saturated heterocycles. The van der Waals surface area contributed by atoms with Crippen LogP contribution in [0.4, 0.5) is 35.1 Å². The molecule has 0 amide bonds. The lowest BCUT2D eigenvalue weighted by Gasteiger charge is -2.37. The lowest BCUT2D eigenvalue weighted by molar-refractivity contribution is -0.137. The number of hydrogen-bond donors (Lipinski definition) is 0. The minimum Gasteiger partial charge on any atom is -0.353 e. The summed E-state index contributed by atoms with van der Waals surface area (Å²) in [5.74, 6) is 1.62. The molecule has 2 fully saturated rings. The van der Waals surface area contributed by atoms with E-state index in [1.807, 2.05) is 6.07 Å². The van der Waals surface area contributed by atoms with Crippen molar-refractivity contribution >= 4 is 17.6 Å². The highest BCUT2D eigenvalue weighted by Gasteiger charge is 2.36. The molecular formula is C30H36F4N6. The highest BCUT2D eigenvalue weighted by atomic mass is 19.4. The minimum atomic E-state index is -4.47. The molecule has 0 radical (unpaired) electrons. The molecule has 0 saturated carbocycles. The molecule has 2 aliphatic heterocycles. The van der Waals surface area contributed by atoms with Gasteiger partial charge in [-0.3, -0.25) is 0 Å². The summed E-state index contributed by atoms with van der Waals surface area (Å²) in [6.45, 7) is 11.9. The summed E-state index contributed by atoms with van der Waals surface area (Å²) in [5.41, 5.74) is 1.40. The average molecular weight is 557 g/mol. The summed E-state index contributed by atoms with van der Waals surface area (Å²) in [5, 5.41) is 0. The molecule has 4 heterocycles. The normalized spacial score (nSPS) is 20.0. The van der Waals surface area contributed by atoms with Crippen LogP contribution in [0.2, 0.25) is 0 Å². The lowest BCUT2D eigenvalue weighted by atomic mass is 9.83. The topological polar surface area (TPSA) is 48.4 Å². The summed E-state index contributed by atoms with van der Waals surface area (Å²) in [6.07, 6.45) is -0.925. The molecule has 40 heavy (non-hydrogen) atoms. The number of halogens is 4. The van der Waals surface area contributed by atoms with Crippen molar-refractivity contribution in [2.45, 2.75) is 46.7 Å². The Kier molecular flexibility index (Phi) is 7.63. The first-order valence-electron chi connectivity index (χ1n) is 13.8. The summed E-state index contributed by atoms with van der Waals surface area (Å²) >= 11 is 0. The zero-order valence-electron chi connectivity index (χ0n) is 23.5. The molecule has 1 aromatic carbocycles. The first-order valence-corrected chi connectivity index (χ1v) is 13.8. The van der Waals surface area contributed by atoms with E-state index in [0.717, 1.165) is 37.6 Å². The Morgan fingerprint density at radius 3 is 2.35 bits per heavy atom. The molecule has 5 rings (SSSR count). The third-order valence-corrected chi connectivity index (χ3v) is 7.84. The van der Waals surface area contributed by atoms with Crippen LogP contribution in [0.25, 0.3) is 11.3 Å². The summed E-state index contributed by atoms with van der Waals surface area (Å²) in [6, 6.07) is 9.26. The molecule has 0 aliphatic carbocycles. The number of alkyl halides is 3. The van der Waals surface area contributed by atoms with Gasteiger partial charge in [-0.2, -0.15) is 18.2 Å². The van der Waals surface area contributed by atoms with E-state index >= 15 is 0 Å². The Labute approximate surface area is 233 Å². The van der Waals surface area contributed by atoms with Crippen LogP contribution in [0.3, 0.4) is 0 Å². The summed E-state index contributed by atoms with van der Waals surface area (Å²) < 4.78 is 54.9. The molecule has 0 spiro atoms. The molecule has 0 bridgehead atoms. The van der Waals surface area contributed by atoms with Crippen LogP contribution in [-0.4, -0.2) is 54.2 Å². The van der Waals surface area contributed by atoms with E-state index in [2.05, 4.69) is 35.6 Å². The predicted molar refractivity (Wildman–Crippen MR) is 150 cm³/mol. The summed E-state index contributed by atoms with van der Waals surface area (Å²) in [4.78, 5) is 20.0. The molecular weight excluding hydrogens is 520 g/mol. The van der Waals surface area contributed by atoms with Crippen LogP contribution in [0.1, 0.15) is 44.7 Å². The Bertz CT molecular complexity index is 1350. The largest absolute Gasteiger partial charge is 0.419 e. The molecule has 1 atom stereocenters. The Hall–Kier alpha value is -3.43. The maximum Gasteiger partial charge on any atom is 0.419 e. The van der Waals surface area contributed by atoms with Crippen LogP contribution in [0.5, 0.6) is 0 Å². The smallest absolute Gasteiger partial charge is 0.353 e. The van der Waals surface area contributed by atoms with E-state index in [9.17, 15) is 17.6 Å². The van der Waals surface area contributed by atoms with Gasteiger partial charge < -0.3 is 14.7 Å². The maximum absolute atomic E-state index is 14.1. The molecule has 2 aliphatic rings. The van der Waals surface area contributed by atoms with Gasteiger partial charge >= 0.3 is 6.18 Å². The number of pyridine rings is 1. The average Bonchev–Trinajstić information content (AvgIpc) is 3.06. The molecule has 10 heteroatoms.